The van der Waals surface area contributed by atoms with E-state index in [9.17, 15) is 14.9 Å². The summed E-state index contributed by atoms with van der Waals surface area (Å²) in [5, 5.41) is 10.9. The molecule has 0 spiro atoms. The normalized spacial score (nSPS) is 17.5. The minimum Gasteiger partial charge on any atom is -0.490 e. The van der Waals surface area contributed by atoms with Gasteiger partial charge in [-0.05, 0) is 18.6 Å². The number of likely N-dealkylation sites (tertiary alicyclic amines) is 1. The predicted molar refractivity (Wildman–Crippen MR) is 75.4 cm³/mol. The lowest BCUT2D eigenvalue weighted by Gasteiger charge is -2.15. The number of rotatable bonds is 3. The van der Waals surface area contributed by atoms with Crippen molar-refractivity contribution in [3.05, 3.63) is 33.9 Å². The lowest BCUT2D eigenvalue weighted by molar-refractivity contribution is -0.385. The van der Waals surface area contributed by atoms with Crippen molar-refractivity contribution in [2.45, 2.75) is 12.5 Å². The Morgan fingerprint density at radius 3 is 2.75 bits per heavy atom. The summed E-state index contributed by atoms with van der Waals surface area (Å²) < 4.78 is 4.90. The number of carbonyl (C=O) groups excluding carboxylic acids is 1. The molecular weight excluding hydrogens is 286 g/mol. The molecule has 1 fully saturated rings. The van der Waals surface area contributed by atoms with Crippen molar-refractivity contribution >= 4 is 24.0 Å². The third-order valence-electron chi connectivity index (χ3n) is 3.13. The maximum absolute atomic E-state index is 12.2. The molecule has 1 aliphatic heterocycles. The number of ether oxygens (including phenoxy) is 1. The van der Waals surface area contributed by atoms with Gasteiger partial charge in [-0.25, -0.2) is 0 Å². The second-order valence-corrected chi connectivity index (χ2v) is 4.44. The zero-order valence-electron chi connectivity index (χ0n) is 10.9. The fraction of sp³-hybridized carbons (Fsp3) is 0.417. The summed E-state index contributed by atoms with van der Waals surface area (Å²) in [5.74, 6) is -0.0987. The average molecular weight is 302 g/mol. The molecule has 1 aromatic rings. The Morgan fingerprint density at radius 1 is 1.55 bits per heavy atom. The number of hydrogen-bond donors (Lipinski definition) is 1. The summed E-state index contributed by atoms with van der Waals surface area (Å²) in [7, 11) is 1.35. The molecule has 1 saturated heterocycles. The maximum Gasteiger partial charge on any atom is 0.311 e. The number of nitrogens with two attached hydrogens (primary N) is 1. The van der Waals surface area contributed by atoms with E-state index in [1.54, 1.807) is 4.90 Å². The van der Waals surface area contributed by atoms with Crippen LogP contribution in [-0.2, 0) is 0 Å². The van der Waals surface area contributed by atoms with Gasteiger partial charge < -0.3 is 15.4 Å². The second-order valence-electron chi connectivity index (χ2n) is 4.44. The standard InChI is InChI=1S/C12H15N3O4.ClH/c1-19-11-3-2-8(6-10(11)15(17)18)12(16)14-5-4-9(13)7-14;/h2-3,6,9H,4-5,7,13H2,1H3;1H/t9-;/m1./s1. The monoisotopic (exact) mass is 301 g/mol. The van der Waals surface area contributed by atoms with Crippen LogP contribution in [0.25, 0.3) is 0 Å². The Labute approximate surface area is 122 Å². The highest BCUT2D eigenvalue weighted by Crippen LogP contribution is 2.28. The van der Waals surface area contributed by atoms with Crippen LogP contribution < -0.4 is 10.5 Å². The number of amides is 1. The van der Waals surface area contributed by atoms with Crippen LogP contribution in [0.15, 0.2) is 18.2 Å². The van der Waals surface area contributed by atoms with Crippen LogP contribution in [-0.4, -0.2) is 42.0 Å². The van der Waals surface area contributed by atoms with Crippen LogP contribution in [0.3, 0.4) is 0 Å². The van der Waals surface area contributed by atoms with E-state index < -0.39 is 4.92 Å². The van der Waals surface area contributed by atoms with Crippen LogP contribution in [0.5, 0.6) is 5.75 Å². The number of halogens is 1. The molecule has 1 aliphatic rings. The molecule has 8 heteroatoms. The van der Waals surface area contributed by atoms with Gasteiger partial charge in [-0.1, -0.05) is 0 Å². The second kappa shape index (κ2) is 6.53. The number of benzene rings is 1. The molecule has 7 nitrogen and oxygen atoms in total. The van der Waals surface area contributed by atoms with Gasteiger partial charge in [0.05, 0.1) is 12.0 Å². The highest BCUT2D eigenvalue weighted by molar-refractivity contribution is 5.95. The number of methoxy groups -OCH3 is 1. The fourth-order valence-corrected chi connectivity index (χ4v) is 2.12. The van der Waals surface area contributed by atoms with Gasteiger partial charge in [-0.15, -0.1) is 12.4 Å². The van der Waals surface area contributed by atoms with Gasteiger partial charge in [0.15, 0.2) is 5.75 Å². The number of carbonyl (C=O) groups is 1. The van der Waals surface area contributed by atoms with Crippen molar-refractivity contribution in [2.75, 3.05) is 20.2 Å². The largest absolute Gasteiger partial charge is 0.490 e. The summed E-state index contributed by atoms with van der Waals surface area (Å²) in [6.07, 6.45) is 0.754. The Hall–Kier alpha value is -1.86. The summed E-state index contributed by atoms with van der Waals surface area (Å²) in [5.41, 5.74) is 5.81. The lowest BCUT2D eigenvalue weighted by Crippen LogP contribution is -2.31. The molecule has 0 unspecified atom stereocenters. The first kappa shape index (κ1) is 16.2. The minimum atomic E-state index is -0.564. The van der Waals surface area contributed by atoms with E-state index in [1.165, 1.54) is 25.3 Å². The van der Waals surface area contributed by atoms with E-state index in [2.05, 4.69) is 0 Å². The number of nitro benzene ring substituents is 1. The van der Waals surface area contributed by atoms with Gasteiger partial charge in [0.1, 0.15) is 0 Å². The third-order valence-corrected chi connectivity index (χ3v) is 3.13. The van der Waals surface area contributed by atoms with Gasteiger partial charge in [-0.2, -0.15) is 0 Å². The first-order chi connectivity index (χ1) is 9.02. The molecular formula is C12H16ClN3O4. The summed E-state index contributed by atoms with van der Waals surface area (Å²) in [6, 6.07) is 4.18. The molecule has 110 valence electrons. The van der Waals surface area contributed by atoms with Crippen molar-refractivity contribution in [1.29, 1.82) is 0 Å². The number of nitrogens with zero attached hydrogens (tertiary/aromatic N) is 2. The number of hydrogen-bond acceptors (Lipinski definition) is 5. The smallest absolute Gasteiger partial charge is 0.311 e. The molecule has 1 atom stereocenters. The predicted octanol–water partition coefficient (Wildman–Crippen LogP) is 1.20. The zero-order valence-corrected chi connectivity index (χ0v) is 11.8. The molecule has 0 saturated carbocycles. The lowest BCUT2D eigenvalue weighted by atomic mass is 10.1. The van der Waals surface area contributed by atoms with Crippen LogP contribution >= 0.6 is 12.4 Å². The molecule has 2 rings (SSSR count). The Balaban J connectivity index is 0.00000200. The molecule has 0 radical (unpaired) electrons. The van der Waals surface area contributed by atoms with E-state index in [-0.39, 0.29) is 41.4 Å². The molecule has 1 heterocycles. The molecule has 20 heavy (non-hydrogen) atoms. The first-order valence-corrected chi connectivity index (χ1v) is 5.90. The molecule has 0 bridgehead atoms. The van der Waals surface area contributed by atoms with E-state index in [0.29, 0.717) is 13.1 Å². The Bertz CT molecular complexity index is 523. The van der Waals surface area contributed by atoms with E-state index in [4.69, 9.17) is 10.5 Å². The van der Waals surface area contributed by atoms with E-state index in [0.717, 1.165) is 6.42 Å². The first-order valence-electron chi connectivity index (χ1n) is 5.90. The van der Waals surface area contributed by atoms with Crippen molar-refractivity contribution in [3.8, 4) is 5.75 Å². The highest BCUT2D eigenvalue weighted by Gasteiger charge is 2.26. The fourth-order valence-electron chi connectivity index (χ4n) is 2.12. The van der Waals surface area contributed by atoms with Crippen LogP contribution in [0.1, 0.15) is 16.8 Å². The molecule has 0 aliphatic carbocycles. The Kier molecular flexibility index (Phi) is 5.29. The maximum atomic E-state index is 12.2. The molecule has 0 aromatic heterocycles. The van der Waals surface area contributed by atoms with Crippen molar-refractivity contribution in [1.82, 2.24) is 4.90 Å². The topological polar surface area (TPSA) is 98.7 Å². The van der Waals surface area contributed by atoms with E-state index >= 15 is 0 Å². The highest BCUT2D eigenvalue weighted by atomic mass is 35.5. The van der Waals surface area contributed by atoms with Gasteiger partial charge in [0.25, 0.3) is 5.91 Å². The van der Waals surface area contributed by atoms with Crippen molar-refractivity contribution < 1.29 is 14.5 Å². The van der Waals surface area contributed by atoms with Crippen LogP contribution in [0.2, 0.25) is 0 Å². The van der Waals surface area contributed by atoms with Gasteiger partial charge in [0, 0.05) is 30.8 Å². The van der Waals surface area contributed by atoms with Gasteiger partial charge in [0.2, 0.25) is 0 Å². The minimum absolute atomic E-state index is 0. The SMILES string of the molecule is COc1ccc(C(=O)N2CC[C@@H](N)C2)cc1[N+](=O)[O-].Cl. The third kappa shape index (κ3) is 3.17. The summed E-state index contributed by atoms with van der Waals surface area (Å²) in [4.78, 5) is 24.1. The molecule has 2 N–H and O–H groups in total. The summed E-state index contributed by atoms with van der Waals surface area (Å²) >= 11 is 0. The average Bonchev–Trinajstić information content (AvgIpc) is 2.83. The van der Waals surface area contributed by atoms with Crippen LogP contribution in [0, 0.1) is 10.1 Å². The van der Waals surface area contributed by atoms with Crippen molar-refractivity contribution in [3.63, 3.8) is 0 Å². The number of nitro groups is 1. The summed E-state index contributed by atoms with van der Waals surface area (Å²) in [6.45, 7) is 1.07. The quantitative estimate of drug-likeness (QED) is 0.668. The molecule has 1 aromatic carbocycles. The zero-order chi connectivity index (χ0) is 14.0. The van der Waals surface area contributed by atoms with Gasteiger partial charge >= 0.3 is 5.69 Å². The Morgan fingerprint density at radius 2 is 2.25 bits per heavy atom. The van der Waals surface area contributed by atoms with Gasteiger partial charge in [-0.3, -0.25) is 14.9 Å². The van der Waals surface area contributed by atoms with Crippen LogP contribution in [0.4, 0.5) is 5.69 Å². The van der Waals surface area contributed by atoms with Crippen molar-refractivity contribution in [2.24, 2.45) is 5.73 Å². The van der Waals surface area contributed by atoms with E-state index in [1.807, 2.05) is 0 Å². The molecule has 1 amide bonds.